The van der Waals surface area contributed by atoms with Crippen LogP contribution < -0.4 is 10.6 Å². The Hall–Kier alpha value is -1.97. The van der Waals surface area contributed by atoms with Gasteiger partial charge >= 0.3 is 23.9 Å². The van der Waals surface area contributed by atoms with Gasteiger partial charge in [0.15, 0.2) is 0 Å². The first-order valence-corrected chi connectivity index (χ1v) is 10.6. The van der Waals surface area contributed by atoms with Crippen molar-refractivity contribution < 1.29 is 33.8 Å². The van der Waals surface area contributed by atoms with Crippen molar-refractivity contribution in [2.45, 2.75) is 81.9 Å². The molecule has 2 heterocycles. The fraction of sp³-hybridized carbons (Fsp3) is 0.778. The SMILES string of the molecule is C[C@H](CC(=O)O)OC(=O)C[C@@H](C)OC(=O)CCCC[C@@H]1SC[C@@H]2NC(=O)N[C@@H]21. The molecule has 10 heteroatoms. The summed E-state index contributed by atoms with van der Waals surface area (Å²) in [5, 5.41) is 14.9. The first-order chi connectivity index (χ1) is 13.2. The van der Waals surface area contributed by atoms with Gasteiger partial charge in [0.2, 0.25) is 0 Å². The highest BCUT2D eigenvalue weighted by Crippen LogP contribution is 2.33. The van der Waals surface area contributed by atoms with E-state index in [0.29, 0.717) is 11.7 Å². The van der Waals surface area contributed by atoms with Crippen molar-refractivity contribution in [1.29, 1.82) is 0 Å². The predicted octanol–water partition coefficient (Wildman–Crippen LogP) is 1.44. The number of hydrogen-bond donors (Lipinski definition) is 3. The van der Waals surface area contributed by atoms with Gasteiger partial charge in [-0.1, -0.05) is 6.42 Å². The van der Waals surface area contributed by atoms with Crippen LogP contribution in [0.2, 0.25) is 0 Å². The van der Waals surface area contributed by atoms with Crippen LogP contribution in [0.4, 0.5) is 4.79 Å². The molecule has 0 saturated carbocycles. The van der Waals surface area contributed by atoms with Crippen molar-refractivity contribution in [1.82, 2.24) is 10.6 Å². The summed E-state index contributed by atoms with van der Waals surface area (Å²) in [4.78, 5) is 45.5. The van der Waals surface area contributed by atoms with Crippen molar-refractivity contribution >= 4 is 35.7 Å². The zero-order valence-corrected chi connectivity index (χ0v) is 17.0. The largest absolute Gasteiger partial charge is 0.481 e. The monoisotopic (exact) mass is 416 g/mol. The Morgan fingerprint density at radius 3 is 2.50 bits per heavy atom. The van der Waals surface area contributed by atoms with Crippen molar-refractivity contribution in [3.63, 3.8) is 0 Å². The fourth-order valence-corrected chi connectivity index (χ4v) is 4.92. The molecule has 0 bridgehead atoms. The molecule has 2 amide bonds. The Morgan fingerprint density at radius 1 is 1.11 bits per heavy atom. The molecule has 9 nitrogen and oxygen atoms in total. The second kappa shape index (κ2) is 10.5. The molecule has 2 aliphatic rings. The number of rotatable bonds is 11. The third-order valence-electron chi connectivity index (χ3n) is 4.64. The number of carbonyl (C=O) groups excluding carboxylic acids is 3. The van der Waals surface area contributed by atoms with Crippen LogP contribution in [-0.2, 0) is 23.9 Å². The average molecular weight is 416 g/mol. The van der Waals surface area contributed by atoms with Crippen molar-refractivity contribution in [3.05, 3.63) is 0 Å². The molecule has 2 fully saturated rings. The van der Waals surface area contributed by atoms with Gasteiger partial charge in [0.05, 0.1) is 24.9 Å². The number of carboxylic acid groups (broad SMARTS) is 1. The fourth-order valence-electron chi connectivity index (χ4n) is 3.38. The van der Waals surface area contributed by atoms with E-state index in [-0.39, 0.29) is 43.3 Å². The Balaban J connectivity index is 1.56. The minimum atomic E-state index is -1.04. The molecule has 28 heavy (non-hydrogen) atoms. The third-order valence-corrected chi connectivity index (χ3v) is 6.15. The summed E-state index contributed by atoms with van der Waals surface area (Å²) in [5.74, 6) is -1.09. The standard InChI is InChI=1S/C18H28N2O7S/c1-10(7-14(21)22)27-16(24)8-11(2)26-15(23)6-4-3-5-13-17-12(9-28-13)19-18(25)20-17/h10-13,17H,3-9H2,1-2H3,(H,21,22)(H2,19,20,25)/t10-,11-,12+,13+,17+/m1/s1. The van der Waals surface area contributed by atoms with Crippen LogP contribution in [0.25, 0.3) is 0 Å². The van der Waals surface area contributed by atoms with Gasteiger partial charge in [-0.3, -0.25) is 14.4 Å². The zero-order chi connectivity index (χ0) is 20.7. The van der Waals surface area contributed by atoms with Gasteiger partial charge in [0, 0.05) is 17.4 Å². The Morgan fingerprint density at radius 2 is 1.79 bits per heavy atom. The number of carbonyl (C=O) groups is 4. The van der Waals surface area contributed by atoms with Crippen molar-refractivity contribution in [3.8, 4) is 0 Å². The van der Waals surface area contributed by atoms with Crippen LogP contribution in [0, 0.1) is 0 Å². The van der Waals surface area contributed by atoms with Gasteiger partial charge in [-0.15, -0.1) is 0 Å². The number of esters is 2. The molecule has 2 aliphatic heterocycles. The molecule has 0 unspecified atom stereocenters. The lowest BCUT2D eigenvalue weighted by Gasteiger charge is -2.17. The summed E-state index contributed by atoms with van der Waals surface area (Å²) in [6.45, 7) is 3.10. The number of hydrogen-bond acceptors (Lipinski definition) is 7. The number of aliphatic carboxylic acids is 1. The van der Waals surface area contributed by atoms with Crippen LogP contribution >= 0.6 is 11.8 Å². The molecule has 2 saturated heterocycles. The molecule has 2 rings (SSSR count). The number of fused-ring (bicyclic) bond motifs is 1. The Bertz CT molecular complexity index is 600. The summed E-state index contributed by atoms with van der Waals surface area (Å²) < 4.78 is 10.2. The molecule has 0 spiro atoms. The van der Waals surface area contributed by atoms with Gasteiger partial charge < -0.3 is 25.2 Å². The molecule has 0 aliphatic carbocycles. The minimum Gasteiger partial charge on any atom is -0.481 e. The molecule has 0 aromatic rings. The van der Waals surface area contributed by atoms with Crippen LogP contribution in [0.15, 0.2) is 0 Å². The van der Waals surface area contributed by atoms with Crippen LogP contribution in [-0.4, -0.2) is 64.3 Å². The second-order valence-electron chi connectivity index (χ2n) is 7.27. The first kappa shape index (κ1) is 22.3. The third kappa shape index (κ3) is 7.21. The van der Waals surface area contributed by atoms with Crippen LogP contribution in [0.1, 0.15) is 52.4 Å². The lowest BCUT2D eigenvalue weighted by Crippen LogP contribution is -2.36. The summed E-state index contributed by atoms with van der Waals surface area (Å²) in [7, 11) is 0. The van der Waals surface area contributed by atoms with Crippen molar-refractivity contribution in [2.24, 2.45) is 0 Å². The lowest BCUT2D eigenvalue weighted by atomic mass is 10.0. The summed E-state index contributed by atoms with van der Waals surface area (Å²) in [6.07, 6.45) is 1.01. The average Bonchev–Trinajstić information content (AvgIpc) is 3.09. The molecule has 158 valence electrons. The van der Waals surface area contributed by atoms with Gasteiger partial charge in [0.1, 0.15) is 12.2 Å². The van der Waals surface area contributed by atoms with Crippen LogP contribution in [0.5, 0.6) is 0 Å². The first-order valence-electron chi connectivity index (χ1n) is 9.54. The normalized spacial score (nSPS) is 25.2. The number of unbranched alkanes of at least 4 members (excludes halogenated alkanes) is 1. The lowest BCUT2D eigenvalue weighted by molar-refractivity contribution is -0.157. The summed E-state index contributed by atoms with van der Waals surface area (Å²) in [6, 6.07) is 0.263. The van der Waals surface area contributed by atoms with E-state index >= 15 is 0 Å². The molecule has 3 N–H and O–H groups in total. The van der Waals surface area contributed by atoms with Gasteiger partial charge in [-0.2, -0.15) is 11.8 Å². The molecule has 0 radical (unpaired) electrons. The molecular weight excluding hydrogens is 388 g/mol. The van der Waals surface area contributed by atoms with E-state index in [1.165, 1.54) is 6.92 Å². The highest BCUT2D eigenvalue weighted by Gasteiger charge is 2.42. The number of thioether (sulfide) groups is 1. The number of carboxylic acids is 1. The van der Waals surface area contributed by atoms with Gasteiger partial charge in [0.25, 0.3) is 0 Å². The van der Waals surface area contributed by atoms with E-state index in [1.807, 2.05) is 11.8 Å². The van der Waals surface area contributed by atoms with Gasteiger partial charge in [-0.25, -0.2) is 4.79 Å². The quantitative estimate of drug-likeness (QED) is 0.262. The van der Waals surface area contributed by atoms with E-state index in [0.717, 1.165) is 18.6 Å². The highest BCUT2D eigenvalue weighted by atomic mass is 32.2. The van der Waals surface area contributed by atoms with E-state index in [4.69, 9.17) is 14.6 Å². The smallest absolute Gasteiger partial charge is 0.315 e. The minimum absolute atomic E-state index is 0.103. The number of ether oxygens (including phenoxy) is 2. The van der Waals surface area contributed by atoms with E-state index < -0.39 is 24.1 Å². The predicted molar refractivity (Wildman–Crippen MR) is 102 cm³/mol. The number of amides is 2. The molecular formula is C18H28N2O7S. The maximum absolute atomic E-state index is 11.9. The van der Waals surface area contributed by atoms with Crippen LogP contribution in [0.3, 0.4) is 0 Å². The van der Waals surface area contributed by atoms with Crippen molar-refractivity contribution in [2.75, 3.05) is 5.75 Å². The topological polar surface area (TPSA) is 131 Å². The zero-order valence-electron chi connectivity index (χ0n) is 16.1. The van der Waals surface area contributed by atoms with Gasteiger partial charge in [-0.05, 0) is 26.7 Å². The highest BCUT2D eigenvalue weighted by molar-refractivity contribution is 8.00. The van der Waals surface area contributed by atoms with E-state index in [1.54, 1.807) is 6.92 Å². The number of nitrogens with one attached hydrogen (secondary N) is 2. The maximum Gasteiger partial charge on any atom is 0.315 e. The second-order valence-corrected chi connectivity index (χ2v) is 8.54. The number of urea groups is 1. The maximum atomic E-state index is 11.9. The summed E-state index contributed by atoms with van der Waals surface area (Å²) in [5.41, 5.74) is 0. The Labute approximate surface area is 168 Å². The van der Waals surface area contributed by atoms with E-state index in [9.17, 15) is 19.2 Å². The molecule has 0 aromatic carbocycles. The summed E-state index contributed by atoms with van der Waals surface area (Å²) >= 11 is 1.84. The Kier molecular flexibility index (Phi) is 8.40. The van der Waals surface area contributed by atoms with E-state index in [2.05, 4.69) is 10.6 Å². The molecule has 0 aromatic heterocycles. The molecule has 5 atom stereocenters.